The van der Waals surface area contributed by atoms with E-state index < -0.39 is 0 Å². The minimum absolute atomic E-state index is 0.0647. The van der Waals surface area contributed by atoms with Gasteiger partial charge in [0.2, 0.25) is 0 Å². The molecule has 0 rings (SSSR count). The Labute approximate surface area is 120 Å². The highest BCUT2D eigenvalue weighted by atomic mass is 16.3. The lowest BCUT2D eigenvalue weighted by Gasteiger charge is -2.34. The maximum atomic E-state index is 9.69. The highest BCUT2D eigenvalue weighted by Crippen LogP contribution is 2.18. The molecule has 0 saturated carbocycles. The van der Waals surface area contributed by atoms with E-state index in [4.69, 9.17) is 0 Å². The average Bonchev–Trinajstić information content (AvgIpc) is 2.44. The van der Waals surface area contributed by atoms with E-state index in [9.17, 15) is 5.11 Å². The van der Waals surface area contributed by atoms with Crippen LogP contribution in [0.25, 0.3) is 0 Å². The molecule has 0 radical (unpaired) electrons. The molecule has 1 atom stereocenters. The molecular weight excluding hydrogens is 236 g/mol. The Balaban J connectivity index is 4.18. The van der Waals surface area contributed by atoms with Crippen molar-refractivity contribution in [3.63, 3.8) is 0 Å². The number of nitrogens with one attached hydrogen (secondary N) is 1. The number of aliphatic hydroxyl groups is 1. The summed E-state index contributed by atoms with van der Waals surface area (Å²) in [5, 5.41) is 13.2. The Hall–Kier alpha value is -0.120. The summed E-state index contributed by atoms with van der Waals surface area (Å²) < 4.78 is 0. The molecule has 2 N–H and O–H groups in total. The summed E-state index contributed by atoms with van der Waals surface area (Å²) in [6, 6.07) is 0.703. The van der Waals surface area contributed by atoms with E-state index in [1.807, 2.05) is 0 Å². The van der Waals surface area contributed by atoms with Crippen LogP contribution in [0, 0.1) is 0 Å². The van der Waals surface area contributed by atoms with E-state index in [1.54, 1.807) is 0 Å². The summed E-state index contributed by atoms with van der Waals surface area (Å²) in [4.78, 5) is 2.47. The molecule has 0 amide bonds. The van der Waals surface area contributed by atoms with Crippen molar-refractivity contribution >= 4 is 0 Å². The van der Waals surface area contributed by atoms with Gasteiger partial charge in [-0.05, 0) is 58.7 Å². The van der Waals surface area contributed by atoms with Crippen LogP contribution in [0.4, 0.5) is 0 Å². The van der Waals surface area contributed by atoms with Gasteiger partial charge >= 0.3 is 0 Å². The minimum Gasteiger partial charge on any atom is -0.394 e. The molecular formula is C16H36N2O. The predicted molar refractivity (Wildman–Crippen MR) is 84.6 cm³/mol. The normalized spacial score (nSPS) is 15.2. The summed E-state index contributed by atoms with van der Waals surface area (Å²) in [6.07, 6.45) is 6.77. The Kier molecular flexibility index (Phi) is 10.6. The van der Waals surface area contributed by atoms with Crippen LogP contribution >= 0.6 is 0 Å². The first-order chi connectivity index (χ1) is 9.09. The summed E-state index contributed by atoms with van der Waals surface area (Å²) in [5.41, 5.74) is -0.0647. The predicted octanol–water partition coefficient (Wildman–Crippen LogP) is 3.03. The standard InChI is InChI=1S/C16H36N2O/c1-6-12-17-16(9-4,14-19)11-10-13-18(5)15(7-2)8-3/h15,17,19H,6-14H2,1-5H3. The molecule has 0 aliphatic heterocycles. The van der Waals surface area contributed by atoms with Gasteiger partial charge in [-0.25, -0.2) is 0 Å². The second-order valence-corrected chi connectivity index (χ2v) is 5.77. The van der Waals surface area contributed by atoms with E-state index in [0.29, 0.717) is 6.04 Å². The quantitative estimate of drug-likeness (QED) is 0.573. The molecule has 0 heterocycles. The first-order valence-electron chi connectivity index (χ1n) is 8.15. The molecule has 116 valence electrons. The molecule has 3 heteroatoms. The second-order valence-electron chi connectivity index (χ2n) is 5.77. The topological polar surface area (TPSA) is 35.5 Å². The molecule has 0 fully saturated rings. The lowest BCUT2D eigenvalue weighted by Crippen LogP contribution is -2.48. The third-order valence-corrected chi connectivity index (χ3v) is 4.46. The lowest BCUT2D eigenvalue weighted by molar-refractivity contribution is 0.135. The Morgan fingerprint density at radius 1 is 1.16 bits per heavy atom. The van der Waals surface area contributed by atoms with Gasteiger partial charge in [0.05, 0.1) is 6.61 Å². The molecule has 0 bridgehead atoms. The van der Waals surface area contributed by atoms with Crippen molar-refractivity contribution in [2.75, 3.05) is 26.7 Å². The van der Waals surface area contributed by atoms with Gasteiger partial charge in [-0.2, -0.15) is 0 Å². The molecule has 0 aliphatic rings. The minimum atomic E-state index is -0.0647. The molecule has 0 aliphatic carbocycles. The van der Waals surface area contributed by atoms with Gasteiger partial charge in [-0.15, -0.1) is 0 Å². The average molecular weight is 272 g/mol. The van der Waals surface area contributed by atoms with Gasteiger partial charge in [-0.3, -0.25) is 0 Å². The van der Waals surface area contributed by atoms with Gasteiger partial charge in [0.15, 0.2) is 0 Å². The first kappa shape index (κ1) is 18.9. The van der Waals surface area contributed by atoms with Crippen molar-refractivity contribution in [1.29, 1.82) is 0 Å². The fourth-order valence-corrected chi connectivity index (χ4v) is 2.79. The van der Waals surface area contributed by atoms with Crippen LogP contribution in [-0.2, 0) is 0 Å². The zero-order valence-electron chi connectivity index (χ0n) is 13.8. The molecule has 3 nitrogen and oxygen atoms in total. The molecule has 0 aromatic heterocycles. The van der Waals surface area contributed by atoms with Crippen molar-refractivity contribution in [2.45, 2.75) is 77.8 Å². The number of hydrogen-bond acceptors (Lipinski definition) is 3. The summed E-state index contributed by atoms with van der Waals surface area (Å²) in [5.74, 6) is 0. The van der Waals surface area contributed by atoms with Crippen molar-refractivity contribution in [1.82, 2.24) is 10.2 Å². The molecule has 0 spiro atoms. The van der Waals surface area contributed by atoms with Gasteiger partial charge in [0.25, 0.3) is 0 Å². The maximum Gasteiger partial charge on any atom is 0.0613 e. The molecule has 0 aromatic carbocycles. The molecule has 0 saturated heterocycles. The Morgan fingerprint density at radius 3 is 2.21 bits per heavy atom. The Bertz CT molecular complexity index is 201. The van der Waals surface area contributed by atoms with Crippen LogP contribution in [0.5, 0.6) is 0 Å². The third kappa shape index (κ3) is 6.73. The molecule has 1 unspecified atom stereocenters. The van der Waals surface area contributed by atoms with Gasteiger partial charge in [0.1, 0.15) is 0 Å². The van der Waals surface area contributed by atoms with Crippen LogP contribution in [0.3, 0.4) is 0 Å². The highest BCUT2D eigenvalue weighted by molar-refractivity contribution is 4.86. The van der Waals surface area contributed by atoms with Crippen molar-refractivity contribution in [3.8, 4) is 0 Å². The van der Waals surface area contributed by atoms with Crippen molar-refractivity contribution in [2.24, 2.45) is 0 Å². The number of aliphatic hydroxyl groups excluding tert-OH is 1. The van der Waals surface area contributed by atoms with E-state index in [-0.39, 0.29) is 12.1 Å². The van der Waals surface area contributed by atoms with Crippen molar-refractivity contribution < 1.29 is 5.11 Å². The van der Waals surface area contributed by atoms with E-state index in [0.717, 1.165) is 38.8 Å². The first-order valence-corrected chi connectivity index (χ1v) is 8.15. The van der Waals surface area contributed by atoms with E-state index in [2.05, 4.69) is 45.0 Å². The van der Waals surface area contributed by atoms with E-state index >= 15 is 0 Å². The van der Waals surface area contributed by atoms with E-state index in [1.165, 1.54) is 12.8 Å². The van der Waals surface area contributed by atoms with Gasteiger partial charge in [0, 0.05) is 11.6 Å². The number of nitrogens with zero attached hydrogens (tertiary/aromatic N) is 1. The molecule has 0 aromatic rings. The summed E-state index contributed by atoms with van der Waals surface area (Å²) in [7, 11) is 2.23. The van der Waals surface area contributed by atoms with Crippen LogP contribution < -0.4 is 5.32 Å². The summed E-state index contributed by atoms with van der Waals surface area (Å²) >= 11 is 0. The largest absolute Gasteiger partial charge is 0.394 e. The summed E-state index contributed by atoms with van der Waals surface area (Å²) in [6.45, 7) is 11.2. The van der Waals surface area contributed by atoms with Crippen LogP contribution in [0.1, 0.15) is 66.2 Å². The molecule has 19 heavy (non-hydrogen) atoms. The smallest absolute Gasteiger partial charge is 0.0613 e. The van der Waals surface area contributed by atoms with Crippen LogP contribution in [-0.4, -0.2) is 48.3 Å². The second kappa shape index (κ2) is 10.6. The Morgan fingerprint density at radius 2 is 1.79 bits per heavy atom. The van der Waals surface area contributed by atoms with Crippen LogP contribution in [0.2, 0.25) is 0 Å². The number of rotatable bonds is 12. The SMILES string of the molecule is CCCNC(CC)(CO)CCCN(C)C(CC)CC. The van der Waals surface area contributed by atoms with Crippen molar-refractivity contribution in [3.05, 3.63) is 0 Å². The fraction of sp³-hybridized carbons (Fsp3) is 1.00. The highest BCUT2D eigenvalue weighted by Gasteiger charge is 2.26. The van der Waals surface area contributed by atoms with Gasteiger partial charge < -0.3 is 15.3 Å². The zero-order chi connectivity index (χ0) is 14.7. The zero-order valence-corrected chi connectivity index (χ0v) is 13.8. The van der Waals surface area contributed by atoms with Gasteiger partial charge in [-0.1, -0.05) is 27.7 Å². The van der Waals surface area contributed by atoms with Crippen LogP contribution in [0.15, 0.2) is 0 Å². The fourth-order valence-electron chi connectivity index (χ4n) is 2.79. The lowest BCUT2D eigenvalue weighted by atomic mass is 9.90. The third-order valence-electron chi connectivity index (χ3n) is 4.46. The monoisotopic (exact) mass is 272 g/mol. The maximum absolute atomic E-state index is 9.69. The number of hydrogen-bond donors (Lipinski definition) is 2.